The second-order valence-electron chi connectivity index (χ2n) is 4.58. The highest BCUT2D eigenvalue weighted by Gasteiger charge is 2.67. The Kier molecular flexibility index (Phi) is 2.45. The quantitative estimate of drug-likeness (QED) is 0.461. The first kappa shape index (κ1) is 17.1. The second kappa shape index (κ2) is 3.16. The lowest BCUT2D eigenvalue weighted by molar-refractivity contribution is 0.362. The van der Waals surface area contributed by atoms with E-state index in [1.807, 2.05) is 0 Å². The van der Waals surface area contributed by atoms with Gasteiger partial charge in [0.25, 0.3) is 0 Å². The van der Waals surface area contributed by atoms with Crippen LogP contribution in [-0.2, 0) is 0 Å². The molecule has 0 atom stereocenters. The average molecular weight is 380 g/mol. The van der Waals surface area contributed by atoms with Crippen molar-refractivity contribution in [3.05, 3.63) is 36.4 Å². The van der Waals surface area contributed by atoms with Crippen molar-refractivity contribution in [1.29, 1.82) is 0 Å². The summed E-state index contributed by atoms with van der Waals surface area (Å²) >= 11 is 0. The Morgan fingerprint density at radius 2 is 1.14 bits per heavy atom. The van der Waals surface area contributed by atoms with Gasteiger partial charge in [0.05, 0.1) is 0 Å². The molecule has 0 spiro atoms. The van der Waals surface area contributed by atoms with Crippen LogP contribution in [0.2, 0.25) is 0 Å². The van der Waals surface area contributed by atoms with Gasteiger partial charge < -0.3 is 0 Å². The molecular formula is C10H6F10S2. The summed E-state index contributed by atoms with van der Waals surface area (Å²) in [6.07, 6.45) is 0. The minimum absolute atomic E-state index is 0.0106. The number of hydrogen-bond acceptors (Lipinski definition) is 0. The van der Waals surface area contributed by atoms with Crippen molar-refractivity contribution in [3.8, 4) is 0 Å². The highest BCUT2D eigenvalue weighted by atomic mass is 32.5. The van der Waals surface area contributed by atoms with E-state index in [9.17, 15) is 38.9 Å². The van der Waals surface area contributed by atoms with E-state index >= 15 is 0 Å². The van der Waals surface area contributed by atoms with Crippen LogP contribution in [0.5, 0.6) is 0 Å². The minimum atomic E-state index is -10.2. The summed E-state index contributed by atoms with van der Waals surface area (Å²) in [4.78, 5) is -4.88. The van der Waals surface area contributed by atoms with E-state index in [0.717, 1.165) is 0 Å². The molecule has 2 rings (SSSR count). The molecule has 0 aliphatic rings. The summed E-state index contributed by atoms with van der Waals surface area (Å²) < 4.78 is 127. The normalized spacial score (nSPS) is 19.9. The van der Waals surface area contributed by atoms with E-state index in [4.69, 9.17) is 0 Å². The maximum absolute atomic E-state index is 12.8. The van der Waals surface area contributed by atoms with Gasteiger partial charge in [0.15, 0.2) is 0 Å². The van der Waals surface area contributed by atoms with Crippen molar-refractivity contribution in [2.75, 3.05) is 0 Å². The topological polar surface area (TPSA) is 0 Å². The maximum atomic E-state index is 12.8. The van der Waals surface area contributed by atoms with Gasteiger partial charge in [-0.1, -0.05) is 57.1 Å². The Balaban J connectivity index is 2.88. The molecule has 22 heavy (non-hydrogen) atoms. The molecule has 128 valence electrons. The molecule has 0 aliphatic heterocycles. The third kappa shape index (κ3) is 3.37. The molecule has 0 unspecified atom stereocenters. The number of rotatable bonds is 2. The molecule has 2 aromatic carbocycles. The molecule has 0 amide bonds. The van der Waals surface area contributed by atoms with Crippen LogP contribution in [0.1, 0.15) is 0 Å². The fraction of sp³-hybridized carbons (Fsp3) is 0. The number of hydrogen-bond donors (Lipinski definition) is 0. The molecule has 0 heterocycles. The van der Waals surface area contributed by atoms with Gasteiger partial charge in [0.2, 0.25) is 0 Å². The lowest BCUT2D eigenvalue weighted by Crippen LogP contribution is -2.08. The average Bonchev–Trinajstić information content (AvgIpc) is 2.21. The van der Waals surface area contributed by atoms with Crippen LogP contribution in [0.3, 0.4) is 0 Å². The lowest BCUT2D eigenvalue weighted by atomic mass is 10.1. The summed E-state index contributed by atoms with van der Waals surface area (Å²) in [6.45, 7) is 0. The lowest BCUT2D eigenvalue weighted by Gasteiger charge is -2.42. The summed E-state index contributed by atoms with van der Waals surface area (Å²) in [5.74, 6) is 0. The van der Waals surface area contributed by atoms with Crippen molar-refractivity contribution in [2.45, 2.75) is 9.79 Å². The Morgan fingerprint density at radius 1 is 0.591 bits per heavy atom. The summed E-state index contributed by atoms with van der Waals surface area (Å²) in [5.41, 5.74) is 0. The van der Waals surface area contributed by atoms with E-state index in [0.29, 0.717) is 12.1 Å². The molecule has 12 heteroatoms. The Morgan fingerprint density at radius 3 is 1.59 bits per heavy atom. The predicted molar refractivity (Wildman–Crippen MR) is 66.7 cm³/mol. The van der Waals surface area contributed by atoms with Crippen LogP contribution in [0.15, 0.2) is 46.2 Å². The second-order valence-corrected chi connectivity index (χ2v) is 9.36. The highest BCUT2D eigenvalue weighted by Crippen LogP contribution is 3.03. The van der Waals surface area contributed by atoms with E-state index in [1.165, 1.54) is 0 Å². The SMILES string of the molecule is FS(F)(F)(F)(F)c1ccc2c(S(F)(F)(F)(F)F)cccc2c1. The molecule has 0 aromatic heterocycles. The van der Waals surface area contributed by atoms with Gasteiger partial charge in [0, 0.05) is 5.39 Å². The van der Waals surface area contributed by atoms with Crippen molar-refractivity contribution >= 4 is 31.2 Å². The standard InChI is InChI=1S/C10H6F10S2/c11-21(12,13,14,15)8-4-5-9-7(6-8)2-1-3-10(9)22(16,17,18,19)20/h1-6H. The van der Waals surface area contributed by atoms with Gasteiger partial charge >= 0.3 is 20.4 Å². The van der Waals surface area contributed by atoms with E-state index in [-0.39, 0.29) is 24.3 Å². The number of benzene rings is 2. The predicted octanol–water partition coefficient (Wildman–Crippen LogP) is 8.15. The first-order chi connectivity index (χ1) is 9.17. The zero-order valence-electron chi connectivity index (χ0n) is 10.1. The van der Waals surface area contributed by atoms with Gasteiger partial charge in [-0.2, -0.15) is 0 Å². The molecule has 0 saturated heterocycles. The molecule has 0 radical (unpaired) electrons. The molecule has 0 N–H and O–H groups in total. The van der Waals surface area contributed by atoms with Crippen LogP contribution in [0.25, 0.3) is 10.8 Å². The van der Waals surface area contributed by atoms with Gasteiger partial charge in [-0.15, -0.1) is 0 Å². The third-order valence-electron chi connectivity index (χ3n) is 2.67. The monoisotopic (exact) mass is 380 g/mol. The summed E-state index contributed by atoms with van der Waals surface area (Å²) in [6, 6.07) is 0.375. The zero-order chi connectivity index (χ0) is 17.4. The van der Waals surface area contributed by atoms with Crippen LogP contribution in [0.4, 0.5) is 38.9 Å². The fourth-order valence-electron chi connectivity index (χ4n) is 1.81. The van der Waals surface area contributed by atoms with Crippen LogP contribution < -0.4 is 0 Å². The van der Waals surface area contributed by atoms with Crippen molar-refractivity contribution in [2.24, 2.45) is 0 Å². The molecule has 0 nitrogen and oxygen atoms in total. The van der Waals surface area contributed by atoms with Crippen LogP contribution >= 0.6 is 20.4 Å². The first-order valence-electron chi connectivity index (χ1n) is 5.18. The van der Waals surface area contributed by atoms with Gasteiger partial charge in [-0.25, -0.2) is 0 Å². The van der Waals surface area contributed by atoms with E-state index < -0.39 is 41.0 Å². The van der Waals surface area contributed by atoms with E-state index in [2.05, 4.69) is 0 Å². The zero-order valence-corrected chi connectivity index (χ0v) is 11.7. The van der Waals surface area contributed by atoms with Crippen molar-refractivity contribution < 1.29 is 38.9 Å². The molecule has 0 aliphatic carbocycles. The minimum Gasteiger partial charge on any atom is -0.0936 e. The van der Waals surface area contributed by atoms with Crippen molar-refractivity contribution in [3.63, 3.8) is 0 Å². The van der Waals surface area contributed by atoms with Gasteiger partial charge in [0.1, 0.15) is 9.79 Å². The number of fused-ring (bicyclic) bond motifs is 1. The molecule has 0 fully saturated rings. The third-order valence-corrected chi connectivity index (χ3v) is 5.00. The smallest absolute Gasteiger partial charge is 0.0936 e. The Labute approximate surface area is 117 Å². The van der Waals surface area contributed by atoms with Gasteiger partial charge in [-0.05, 0) is 23.6 Å². The maximum Gasteiger partial charge on any atom is 0.311 e. The molecule has 0 bridgehead atoms. The molecule has 0 saturated carbocycles. The van der Waals surface area contributed by atoms with Gasteiger partial charge in [-0.3, -0.25) is 0 Å². The summed E-state index contributed by atoms with van der Waals surface area (Å²) in [7, 11) is -20.3. The summed E-state index contributed by atoms with van der Waals surface area (Å²) in [5, 5.41) is -2.30. The van der Waals surface area contributed by atoms with Crippen LogP contribution in [-0.4, -0.2) is 0 Å². The Hall–Kier alpha value is -1.30. The highest BCUT2D eigenvalue weighted by molar-refractivity contribution is 8.46. The van der Waals surface area contributed by atoms with Crippen LogP contribution in [0, 0.1) is 0 Å². The van der Waals surface area contributed by atoms with Crippen molar-refractivity contribution in [1.82, 2.24) is 0 Å². The van der Waals surface area contributed by atoms with E-state index in [1.54, 1.807) is 0 Å². The number of halogens is 10. The fourth-order valence-corrected chi connectivity index (χ4v) is 3.42. The molecule has 2 aromatic rings. The Bertz CT molecular complexity index is 788. The molecular weight excluding hydrogens is 374 g/mol. The largest absolute Gasteiger partial charge is 0.311 e. The first-order valence-corrected chi connectivity index (χ1v) is 9.09.